The van der Waals surface area contributed by atoms with E-state index in [9.17, 15) is 0 Å². The predicted octanol–water partition coefficient (Wildman–Crippen LogP) is 23.5. The molecule has 2 heterocycles. The number of furan rings is 2. The number of rotatable bonds is 12. The number of para-hydroxylation sites is 2. The lowest BCUT2D eigenvalue weighted by molar-refractivity contribution is 0.590. The van der Waals surface area contributed by atoms with Gasteiger partial charge in [0.25, 0.3) is 0 Å². The molecule has 99 heavy (non-hydrogen) atoms. The van der Waals surface area contributed by atoms with E-state index in [2.05, 4.69) is 381 Å². The van der Waals surface area contributed by atoms with E-state index in [1.807, 2.05) is 0 Å². The van der Waals surface area contributed by atoms with Crippen LogP contribution in [-0.4, -0.2) is 8.07 Å². The second-order valence-corrected chi connectivity index (χ2v) is 33.5. The zero-order valence-corrected chi connectivity index (χ0v) is 58.7. The first-order valence-corrected chi connectivity index (χ1v) is 36.8. The van der Waals surface area contributed by atoms with Gasteiger partial charge in [-0.2, -0.15) is 0 Å². The molecule has 0 spiro atoms. The second-order valence-electron chi connectivity index (χ2n) is 29.7. The van der Waals surface area contributed by atoms with Crippen LogP contribution in [0.15, 0.2) is 318 Å². The second kappa shape index (κ2) is 23.5. The Morgan fingerprint density at radius 1 is 0.313 bits per heavy atom. The van der Waals surface area contributed by atoms with Gasteiger partial charge in [-0.25, -0.2) is 0 Å². The summed E-state index contributed by atoms with van der Waals surface area (Å²) in [6.07, 6.45) is 0. The molecule has 480 valence electrons. The Bertz CT molecular complexity index is 5660. The predicted molar refractivity (Wildman–Crippen MR) is 422 cm³/mol. The van der Waals surface area contributed by atoms with Gasteiger partial charge in [-0.05, 0) is 167 Å². The van der Waals surface area contributed by atoms with Crippen LogP contribution >= 0.6 is 0 Å². The van der Waals surface area contributed by atoms with Gasteiger partial charge in [0.05, 0.1) is 5.69 Å². The number of fused-ring (bicyclic) bond motifs is 11. The minimum absolute atomic E-state index is 0.00449. The Kier molecular flexibility index (Phi) is 14.6. The number of anilines is 6. The Morgan fingerprint density at radius 3 is 1.21 bits per heavy atom. The number of benzene rings is 14. The van der Waals surface area contributed by atoms with Crippen LogP contribution in [-0.2, 0) is 16.2 Å². The highest BCUT2D eigenvalue weighted by molar-refractivity contribution is 7.19. The lowest BCUT2D eigenvalue weighted by atomic mass is 9.81. The van der Waals surface area contributed by atoms with Gasteiger partial charge in [0, 0.05) is 71.9 Å². The molecule has 0 fully saturated rings. The maximum absolute atomic E-state index is 7.08. The van der Waals surface area contributed by atoms with E-state index >= 15 is 0 Å². The Balaban J connectivity index is 0.787. The first-order chi connectivity index (χ1) is 48.0. The molecular weight excluding hydrogens is 1220 g/mol. The van der Waals surface area contributed by atoms with Crippen LogP contribution in [0, 0.1) is 6.92 Å². The first kappa shape index (κ1) is 61.4. The van der Waals surface area contributed by atoms with E-state index in [4.69, 9.17) is 8.83 Å². The zero-order valence-electron chi connectivity index (χ0n) is 57.7. The normalized spacial score (nSPS) is 13.0. The summed E-state index contributed by atoms with van der Waals surface area (Å²) in [5.74, 6) is 0. The fourth-order valence-corrected chi connectivity index (χ4v) is 20.7. The molecule has 4 nitrogen and oxygen atoms in total. The van der Waals surface area contributed by atoms with Crippen molar-refractivity contribution in [2.24, 2.45) is 0 Å². The van der Waals surface area contributed by atoms with Crippen LogP contribution in [0.1, 0.15) is 83.2 Å². The number of hydrogen-bond donors (Lipinski definition) is 0. The molecule has 0 saturated carbocycles. The maximum Gasteiger partial charge on any atom is 0.179 e. The minimum Gasteiger partial charge on any atom is -0.455 e. The van der Waals surface area contributed by atoms with Crippen molar-refractivity contribution in [1.82, 2.24) is 0 Å². The molecule has 0 bridgehead atoms. The molecule has 16 aromatic rings. The average molecular weight is 1300 g/mol. The molecule has 2 aromatic heterocycles. The molecule has 1 aliphatic rings. The van der Waals surface area contributed by atoms with E-state index in [-0.39, 0.29) is 10.8 Å². The van der Waals surface area contributed by atoms with Crippen molar-refractivity contribution in [2.45, 2.75) is 78.6 Å². The summed E-state index contributed by atoms with van der Waals surface area (Å²) in [4.78, 5) is 4.93. The van der Waals surface area contributed by atoms with Crippen LogP contribution in [0.2, 0.25) is 0 Å². The molecule has 0 atom stereocenters. The summed E-state index contributed by atoms with van der Waals surface area (Å²) in [6.45, 7) is 20.7. The van der Waals surface area contributed by atoms with Gasteiger partial charge >= 0.3 is 0 Å². The van der Waals surface area contributed by atoms with Gasteiger partial charge in [-0.3, -0.25) is 0 Å². The Morgan fingerprint density at radius 2 is 0.717 bits per heavy atom. The van der Waals surface area contributed by atoms with Gasteiger partial charge in [-0.1, -0.05) is 291 Å². The first-order valence-electron chi connectivity index (χ1n) is 34.8. The van der Waals surface area contributed by atoms with Gasteiger partial charge in [0.2, 0.25) is 0 Å². The molecular formula is C94H78N2O2Si. The van der Waals surface area contributed by atoms with Gasteiger partial charge in [0.1, 0.15) is 22.3 Å². The van der Waals surface area contributed by atoms with E-state index in [0.29, 0.717) is 0 Å². The molecule has 0 amide bonds. The lowest BCUT2D eigenvalue weighted by Crippen LogP contribution is -2.74. The average Bonchev–Trinajstić information content (AvgIpc) is 1.59. The smallest absolute Gasteiger partial charge is 0.179 e. The van der Waals surface area contributed by atoms with E-state index < -0.39 is 13.5 Å². The standard InChI is InChI=1S/C94H78N2O2Si/c1-61-35-37-62(38-36-61)75-31-21-33-79-82-57-68(50-55-87(82)97-90(75)79)95(66-45-41-64(42-46-66)92(2,3)4)70-49-54-81-84(59-70)94(8,9)85-60-86(77-29-19-20-30-78(77)89(81)85)96(67-47-43-65(44-48-67)93(5,6)7)69-51-56-88-83(58-69)80-34-22-32-76(91(80)98-88)63-39-52-74(53-40-63)99(71-23-13-10-14-24-71,72-25-15-11-16-26-72)73-27-17-12-18-28-73/h10-60H,1-9H3. The lowest BCUT2D eigenvalue weighted by Gasteiger charge is -2.34. The highest BCUT2D eigenvalue weighted by Gasteiger charge is 2.42. The minimum atomic E-state index is -2.73. The monoisotopic (exact) mass is 1290 g/mol. The van der Waals surface area contributed by atoms with Crippen LogP contribution in [0.25, 0.3) is 88.0 Å². The van der Waals surface area contributed by atoms with E-state index in [1.54, 1.807) is 0 Å². The van der Waals surface area contributed by atoms with Crippen molar-refractivity contribution in [3.05, 3.63) is 337 Å². The summed E-state index contributed by atoms with van der Waals surface area (Å²) in [7, 11) is -2.73. The van der Waals surface area contributed by atoms with Crippen molar-refractivity contribution in [1.29, 1.82) is 0 Å². The zero-order chi connectivity index (χ0) is 67.5. The van der Waals surface area contributed by atoms with Gasteiger partial charge in [-0.15, -0.1) is 0 Å². The van der Waals surface area contributed by atoms with Crippen molar-refractivity contribution in [3.63, 3.8) is 0 Å². The molecule has 17 rings (SSSR count). The summed E-state index contributed by atoms with van der Waals surface area (Å²) in [5, 5.41) is 12.1. The van der Waals surface area contributed by atoms with Crippen molar-refractivity contribution in [3.8, 4) is 33.4 Å². The van der Waals surface area contributed by atoms with Crippen LogP contribution in [0.4, 0.5) is 34.1 Å². The molecule has 0 unspecified atom stereocenters. The third-order valence-corrected chi connectivity index (χ3v) is 26.0. The largest absolute Gasteiger partial charge is 0.455 e. The maximum atomic E-state index is 7.08. The fraction of sp³-hybridized carbons (Fsp3) is 0.128. The topological polar surface area (TPSA) is 32.8 Å². The number of hydrogen-bond acceptors (Lipinski definition) is 4. The summed E-state index contributed by atoms with van der Waals surface area (Å²) in [6, 6.07) is 115. The molecule has 1 aliphatic carbocycles. The third-order valence-electron chi connectivity index (χ3n) is 21.2. The van der Waals surface area contributed by atoms with Gasteiger partial charge < -0.3 is 18.6 Å². The van der Waals surface area contributed by atoms with E-state index in [0.717, 1.165) is 100 Å². The summed E-state index contributed by atoms with van der Waals surface area (Å²) in [5.41, 5.74) is 22.9. The van der Waals surface area contributed by atoms with Crippen LogP contribution in [0.3, 0.4) is 0 Å². The molecule has 0 radical (unpaired) electrons. The van der Waals surface area contributed by atoms with Crippen LogP contribution < -0.4 is 30.5 Å². The quantitative estimate of drug-likeness (QED) is 0.0901. The molecule has 0 aliphatic heterocycles. The highest BCUT2D eigenvalue weighted by atomic mass is 28.3. The van der Waals surface area contributed by atoms with Crippen molar-refractivity contribution >= 4 is 118 Å². The Hall–Kier alpha value is -11.2. The van der Waals surface area contributed by atoms with Crippen LogP contribution in [0.5, 0.6) is 0 Å². The molecule has 14 aromatic carbocycles. The number of nitrogens with zero attached hydrogens (tertiary/aromatic N) is 2. The van der Waals surface area contributed by atoms with E-state index in [1.165, 1.54) is 70.5 Å². The van der Waals surface area contributed by atoms with Crippen molar-refractivity contribution < 1.29 is 8.83 Å². The summed E-state index contributed by atoms with van der Waals surface area (Å²) < 4.78 is 13.9. The number of aryl methyl sites for hydroxylation is 1. The highest BCUT2D eigenvalue weighted by Crippen LogP contribution is 2.56. The summed E-state index contributed by atoms with van der Waals surface area (Å²) >= 11 is 0. The fourth-order valence-electron chi connectivity index (χ4n) is 16.0. The SMILES string of the molecule is Cc1ccc(-c2cccc3c2oc2ccc(N(c4ccc(C(C)(C)C)cc4)c4ccc5c(c4)C(C)(C)c4cc(N(c6ccc(C(C)(C)C)cc6)c6ccc7oc8c(-c9ccc([Si](c%10ccccc%10)(c%10ccccc%10)c%10ccccc%10)cc9)cccc8c7c6)c6ccccc6c4-5)cc23)cc1. The molecule has 5 heteroatoms. The molecule has 0 saturated heterocycles. The van der Waals surface area contributed by atoms with Crippen molar-refractivity contribution in [2.75, 3.05) is 9.80 Å². The molecule has 0 N–H and O–H groups in total. The Labute approximate surface area is 581 Å². The third kappa shape index (κ3) is 10.2. The van der Waals surface area contributed by atoms with Gasteiger partial charge in [0.15, 0.2) is 8.07 Å².